The number of carbonyl (C=O) groups excluding carboxylic acids is 1. The van der Waals surface area contributed by atoms with Gasteiger partial charge in [0.1, 0.15) is 23.6 Å². The Morgan fingerprint density at radius 3 is 2.65 bits per heavy atom. The zero-order valence-corrected chi connectivity index (χ0v) is 26.9. The predicted octanol–water partition coefficient (Wildman–Crippen LogP) is 6.79. The molecule has 1 unspecified atom stereocenters. The van der Waals surface area contributed by atoms with Gasteiger partial charge in [-0.2, -0.15) is 9.97 Å². The minimum atomic E-state index is -0.538. The van der Waals surface area contributed by atoms with Crippen molar-refractivity contribution >= 4 is 45.0 Å². The SMILES string of the molecule is CN(c1nc(OCC23CCCN2CCC3)nc2c(F)c(-c3cccc4cccc(Cl)c34)ncc12)C1CCN(C(=O)C=C2CCC2)C1. The van der Waals surface area contributed by atoms with Crippen LogP contribution >= 0.6 is 11.6 Å². The molecule has 0 N–H and O–H groups in total. The molecule has 0 spiro atoms. The molecule has 4 aliphatic rings. The number of nitrogens with zero attached hydrogens (tertiary/aromatic N) is 6. The molecule has 3 aliphatic heterocycles. The lowest BCUT2D eigenvalue weighted by Crippen LogP contribution is -2.43. The molecule has 46 heavy (non-hydrogen) atoms. The molecule has 0 radical (unpaired) electrons. The van der Waals surface area contributed by atoms with Gasteiger partial charge in [0.2, 0.25) is 5.91 Å². The highest BCUT2D eigenvalue weighted by molar-refractivity contribution is 6.36. The molecule has 5 heterocycles. The maximum absolute atomic E-state index is 16.8. The van der Waals surface area contributed by atoms with Gasteiger partial charge in [-0.1, -0.05) is 47.5 Å². The Morgan fingerprint density at radius 2 is 1.89 bits per heavy atom. The summed E-state index contributed by atoms with van der Waals surface area (Å²) >= 11 is 6.63. The molecule has 2 aromatic heterocycles. The van der Waals surface area contributed by atoms with Gasteiger partial charge in [-0.3, -0.25) is 14.7 Å². The number of rotatable bonds is 7. The van der Waals surface area contributed by atoms with Crippen molar-refractivity contribution in [1.29, 1.82) is 0 Å². The fourth-order valence-electron chi connectivity index (χ4n) is 7.92. The van der Waals surface area contributed by atoms with Gasteiger partial charge in [-0.25, -0.2) is 4.39 Å². The molecule has 2 aromatic carbocycles. The van der Waals surface area contributed by atoms with Crippen LogP contribution in [-0.4, -0.2) is 82.1 Å². The lowest BCUT2D eigenvalue weighted by atomic mass is 9.92. The first-order chi connectivity index (χ1) is 22.4. The number of benzene rings is 2. The molecule has 1 saturated carbocycles. The second kappa shape index (κ2) is 11.8. The van der Waals surface area contributed by atoms with Crippen molar-refractivity contribution in [2.45, 2.75) is 62.9 Å². The molecular weight excluding hydrogens is 603 g/mol. The second-order valence-corrected chi connectivity index (χ2v) is 13.8. The van der Waals surface area contributed by atoms with Gasteiger partial charge >= 0.3 is 6.01 Å². The number of amides is 1. The van der Waals surface area contributed by atoms with E-state index >= 15 is 4.39 Å². The van der Waals surface area contributed by atoms with Gasteiger partial charge < -0.3 is 14.5 Å². The van der Waals surface area contributed by atoms with Crippen molar-refractivity contribution in [2.24, 2.45) is 0 Å². The van der Waals surface area contributed by atoms with Gasteiger partial charge in [0.15, 0.2) is 5.82 Å². The van der Waals surface area contributed by atoms with E-state index in [4.69, 9.17) is 26.3 Å². The monoisotopic (exact) mass is 640 g/mol. The van der Waals surface area contributed by atoms with E-state index in [0.29, 0.717) is 41.5 Å². The first-order valence-electron chi connectivity index (χ1n) is 16.5. The van der Waals surface area contributed by atoms with Gasteiger partial charge in [0.05, 0.1) is 10.9 Å². The quantitative estimate of drug-likeness (QED) is 0.206. The Labute approximate surface area is 273 Å². The second-order valence-electron chi connectivity index (χ2n) is 13.4. The summed E-state index contributed by atoms with van der Waals surface area (Å²) in [4.78, 5) is 33.7. The van der Waals surface area contributed by atoms with Crippen molar-refractivity contribution < 1.29 is 13.9 Å². The summed E-state index contributed by atoms with van der Waals surface area (Å²) in [5, 5.41) is 2.69. The summed E-state index contributed by atoms with van der Waals surface area (Å²) in [6.07, 6.45) is 11.9. The zero-order valence-electron chi connectivity index (χ0n) is 26.1. The normalized spacial score (nSPS) is 20.7. The van der Waals surface area contributed by atoms with E-state index < -0.39 is 5.82 Å². The minimum absolute atomic E-state index is 0.00665. The molecular formula is C36H38ClFN6O2. The molecule has 1 atom stereocenters. The number of hydrogen-bond acceptors (Lipinski definition) is 7. The first-order valence-corrected chi connectivity index (χ1v) is 16.9. The van der Waals surface area contributed by atoms with E-state index in [1.807, 2.05) is 53.3 Å². The van der Waals surface area contributed by atoms with E-state index in [-0.39, 0.29) is 34.7 Å². The van der Waals surface area contributed by atoms with Crippen LogP contribution in [0.15, 0.2) is 54.2 Å². The van der Waals surface area contributed by atoms with Crippen LogP contribution in [-0.2, 0) is 4.79 Å². The highest BCUT2D eigenvalue weighted by Gasteiger charge is 2.45. The number of allylic oxidation sites excluding steroid dienone is 1. The summed E-state index contributed by atoms with van der Waals surface area (Å²) < 4.78 is 23.2. The summed E-state index contributed by atoms with van der Waals surface area (Å²) in [7, 11) is 1.96. The summed E-state index contributed by atoms with van der Waals surface area (Å²) in [6, 6.07) is 11.5. The molecule has 3 saturated heterocycles. The number of halogens is 2. The third kappa shape index (κ3) is 5.08. The maximum atomic E-state index is 16.8. The number of hydrogen-bond donors (Lipinski definition) is 0. The van der Waals surface area contributed by atoms with E-state index in [9.17, 15) is 4.79 Å². The Morgan fingerprint density at radius 1 is 1.11 bits per heavy atom. The molecule has 238 valence electrons. The topological polar surface area (TPSA) is 74.7 Å². The summed E-state index contributed by atoms with van der Waals surface area (Å²) in [5.74, 6) is 0.0895. The molecule has 4 fully saturated rings. The number of aromatic nitrogens is 3. The van der Waals surface area contributed by atoms with E-state index in [0.717, 1.165) is 75.2 Å². The average molecular weight is 641 g/mol. The summed E-state index contributed by atoms with van der Waals surface area (Å²) in [6.45, 7) is 3.88. The molecule has 4 aromatic rings. The van der Waals surface area contributed by atoms with E-state index in [2.05, 4.69) is 9.88 Å². The number of pyridine rings is 1. The van der Waals surface area contributed by atoms with Crippen LogP contribution in [0.25, 0.3) is 32.9 Å². The number of fused-ring (bicyclic) bond motifs is 3. The van der Waals surface area contributed by atoms with Gasteiger partial charge in [0, 0.05) is 54.4 Å². The van der Waals surface area contributed by atoms with E-state index in [1.54, 1.807) is 12.3 Å². The summed E-state index contributed by atoms with van der Waals surface area (Å²) in [5.41, 5.74) is 2.18. The van der Waals surface area contributed by atoms with Gasteiger partial charge in [-0.05, 0) is 75.9 Å². The zero-order chi connectivity index (χ0) is 31.4. The first kappa shape index (κ1) is 29.6. The van der Waals surface area contributed by atoms with Crippen molar-refractivity contribution in [1.82, 2.24) is 24.8 Å². The van der Waals surface area contributed by atoms with Crippen LogP contribution in [0.1, 0.15) is 51.4 Å². The number of ether oxygens (including phenoxy) is 1. The molecule has 1 aliphatic carbocycles. The van der Waals surface area contributed by atoms with Crippen molar-refractivity contribution in [3.05, 3.63) is 65.1 Å². The third-order valence-corrected chi connectivity index (χ3v) is 11.0. The Kier molecular flexibility index (Phi) is 7.56. The maximum Gasteiger partial charge on any atom is 0.319 e. The van der Waals surface area contributed by atoms with Crippen molar-refractivity contribution in [2.75, 3.05) is 44.7 Å². The Hall–Kier alpha value is -3.82. The standard InChI is InChI=1S/C36H38ClFN6O2/c1-42(25-13-18-43(21-25)29(45)19-23-7-2-8-23)34-27-20-39-32(26-11-3-9-24-10-4-12-28(37)30(24)26)31(38)33(27)40-35(41-34)46-22-36-14-5-16-44(36)17-6-15-36/h3-4,9-12,19-20,25H,2,5-8,13-18,21-22H2,1H3. The smallest absolute Gasteiger partial charge is 0.319 e. The van der Waals surface area contributed by atoms with Gasteiger partial charge in [-0.15, -0.1) is 0 Å². The molecule has 10 heteroatoms. The van der Waals surface area contributed by atoms with Crippen molar-refractivity contribution in [3.63, 3.8) is 0 Å². The average Bonchev–Trinajstić information content (AvgIpc) is 3.78. The van der Waals surface area contributed by atoms with Crippen LogP contribution in [0.2, 0.25) is 5.02 Å². The van der Waals surface area contributed by atoms with Gasteiger partial charge in [0.25, 0.3) is 0 Å². The number of carbonyl (C=O) groups is 1. The fourth-order valence-corrected chi connectivity index (χ4v) is 8.20. The lowest BCUT2D eigenvalue weighted by molar-refractivity contribution is -0.125. The van der Waals surface area contributed by atoms with Crippen LogP contribution in [0.5, 0.6) is 6.01 Å². The highest BCUT2D eigenvalue weighted by atomic mass is 35.5. The number of anilines is 1. The minimum Gasteiger partial charge on any atom is -0.461 e. The van der Waals surface area contributed by atoms with Crippen molar-refractivity contribution in [3.8, 4) is 17.3 Å². The molecule has 8 nitrogen and oxygen atoms in total. The molecule has 1 amide bonds. The molecule has 0 bridgehead atoms. The van der Waals surface area contributed by atoms with Crippen LogP contribution in [0.4, 0.5) is 10.2 Å². The predicted molar refractivity (Wildman–Crippen MR) is 179 cm³/mol. The van der Waals surface area contributed by atoms with Crippen LogP contribution < -0.4 is 9.64 Å². The number of likely N-dealkylation sites (N-methyl/N-ethyl adjacent to an activating group) is 1. The van der Waals surface area contributed by atoms with Crippen LogP contribution in [0, 0.1) is 5.82 Å². The van der Waals surface area contributed by atoms with Crippen LogP contribution in [0.3, 0.4) is 0 Å². The fraction of sp³-hybridized carbons (Fsp3) is 0.444. The largest absolute Gasteiger partial charge is 0.461 e. The highest BCUT2D eigenvalue weighted by Crippen LogP contribution is 2.40. The van der Waals surface area contributed by atoms with E-state index in [1.165, 1.54) is 5.57 Å². The Balaban J connectivity index is 1.18. The molecule has 8 rings (SSSR count). The Bertz CT molecular complexity index is 1860. The lowest BCUT2D eigenvalue weighted by Gasteiger charge is -2.31. The number of likely N-dealkylation sites (tertiary alicyclic amines) is 1. The third-order valence-electron chi connectivity index (χ3n) is 10.7.